The number of hydrogen-bond donors (Lipinski definition) is 0. The predicted molar refractivity (Wildman–Crippen MR) is 91.1 cm³/mol. The van der Waals surface area contributed by atoms with Gasteiger partial charge in [-0.2, -0.15) is 0 Å². The molecule has 0 saturated heterocycles. The van der Waals surface area contributed by atoms with Crippen molar-refractivity contribution in [3.8, 4) is 11.1 Å². The zero-order chi connectivity index (χ0) is 16.4. The fourth-order valence-electron chi connectivity index (χ4n) is 3.31. The van der Waals surface area contributed by atoms with E-state index >= 15 is 0 Å². The molecule has 0 spiro atoms. The molecule has 0 amide bonds. The third kappa shape index (κ3) is 3.63. The van der Waals surface area contributed by atoms with Crippen LogP contribution in [0, 0.1) is 30.4 Å². The molecule has 0 N–H and O–H groups in total. The van der Waals surface area contributed by atoms with E-state index < -0.39 is 11.6 Å². The van der Waals surface area contributed by atoms with Crippen molar-refractivity contribution in [2.75, 3.05) is 0 Å². The van der Waals surface area contributed by atoms with Crippen molar-refractivity contribution in [1.29, 1.82) is 0 Å². The summed E-state index contributed by atoms with van der Waals surface area (Å²) in [6.07, 6.45) is 6.04. The van der Waals surface area contributed by atoms with Gasteiger partial charge in [0.05, 0.1) is 0 Å². The lowest BCUT2D eigenvalue weighted by atomic mass is 9.80. The molecule has 1 radical (unpaired) electrons. The molecule has 0 heterocycles. The van der Waals surface area contributed by atoms with E-state index in [0.29, 0.717) is 11.1 Å². The molecule has 1 aliphatic carbocycles. The number of aryl methyl sites for hydroxylation is 1. The van der Waals surface area contributed by atoms with Gasteiger partial charge in [-0.15, -0.1) is 0 Å². The Morgan fingerprint density at radius 1 is 0.913 bits per heavy atom. The number of benzene rings is 2. The lowest BCUT2D eigenvalue weighted by Crippen LogP contribution is -2.12. The SMILES string of the molecule is Cc1ccc(-c2ccc(C[C]3CCC(C)CC3)cc2)c(F)c1F. The van der Waals surface area contributed by atoms with Crippen molar-refractivity contribution in [1.82, 2.24) is 0 Å². The van der Waals surface area contributed by atoms with Crippen molar-refractivity contribution >= 4 is 0 Å². The zero-order valence-corrected chi connectivity index (χ0v) is 13.8. The van der Waals surface area contributed by atoms with E-state index in [-0.39, 0.29) is 0 Å². The highest BCUT2D eigenvalue weighted by Gasteiger charge is 2.19. The van der Waals surface area contributed by atoms with Crippen molar-refractivity contribution in [2.24, 2.45) is 5.92 Å². The van der Waals surface area contributed by atoms with Gasteiger partial charge in [0.2, 0.25) is 0 Å². The van der Waals surface area contributed by atoms with Crippen LogP contribution in [0.4, 0.5) is 8.78 Å². The maximum atomic E-state index is 14.1. The lowest BCUT2D eigenvalue weighted by molar-refractivity contribution is 0.400. The second kappa shape index (κ2) is 6.82. The summed E-state index contributed by atoms with van der Waals surface area (Å²) in [6, 6.07) is 11.2. The van der Waals surface area contributed by atoms with Gasteiger partial charge in [-0.05, 0) is 54.7 Å². The first-order valence-corrected chi connectivity index (χ1v) is 8.42. The Hall–Kier alpha value is -1.70. The number of halogens is 2. The average molecular weight is 313 g/mol. The van der Waals surface area contributed by atoms with E-state index in [1.165, 1.54) is 31.2 Å². The lowest BCUT2D eigenvalue weighted by Gasteiger charge is -2.25. The smallest absolute Gasteiger partial charge is 0.166 e. The van der Waals surface area contributed by atoms with Gasteiger partial charge in [-0.25, -0.2) is 8.78 Å². The molecule has 2 aromatic rings. The molecule has 2 aromatic carbocycles. The molecule has 0 bridgehead atoms. The van der Waals surface area contributed by atoms with Crippen LogP contribution in [-0.2, 0) is 6.42 Å². The Kier molecular flexibility index (Phi) is 4.79. The van der Waals surface area contributed by atoms with Crippen molar-refractivity contribution < 1.29 is 8.78 Å². The van der Waals surface area contributed by atoms with Crippen LogP contribution in [0.5, 0.6) is 0 Å². The van der Waals surface area contributed by atoms with Gasteiger partial charge in [-0.1, -0.05) is 56.2 Å². The maximum absolute atomic E-state index is 14.1. The standard InChI is InChI=1S/C21H23F2/c1-14-3-6-16(7-4-14)13-17-8-10-18(11-9-17)19-12-5-15(2)20(22)21(19)23/h5,8-12,14H,3-4,6-7,13H2,1-2H3. The van der Waals surface area contributed by atoms with Gasteiger partial charge >= 0.3 is 0 Å². The fourth-order valence-corrected chi connectivity index (χ4v) is 3.31. The minimum absolute atomic E-state index is 0.332. The molecule has 1 fully saturated rings. The summed E-state index contributed by atoms with van der Waals surface area (Å²) in [4.78, 5) is 0. The van der Waals surface area contributed by atoms with Crippen LogP contribution in [0.25, 0.3) is 11.1 Å². The van der Waals surface area contributed by atoms with E-state index in [1.807, 2.05) is 24.3 Å². The number of hydrogen-bond acceptors (Lipinski definition) is 0. The quantitative estimate of drug-likeness (QED) is 0.626. The predicted octanol–water partition coefficient (Wildman–Crippen LogP) is 6.27. The van der Waals surface area contributed by atoms with Gasteiger partial charge < -0.3 is 0 Å². The van der Waals surface area contributed by atoms with Crippen LogP contribution in [0.15, 0.2) is 36.4 Å². The van der Waals surface area contributed by atoms with Crippen molar-refractivity contribution in [3.05, 3.63) is 65.1 Å². The molecule has 1 saturated carbocycles. The third-order valence-electron chi connectivity index (χ3n) is 4.98. The van der Waals surface area contributed by atoms with Gasteiger partial charge in [-0.3, -0.25) is 0 Å². The first-order chi connectivity index (χ1) is 11.0. The second-order valence-corrected chi connectivity index (χ2v) is 6.86. The largest absolute Gasteiger partial charge is 0.203 e. The van der Waals surface area contributed by atoms with Gasteiger partial charge in [0, 0.05) is 5.56 Å². The molecule has 121 valence electrons. The van der Waals surface area contributed by atoms with E-state index in [2.05, 4.69) is 6.92 Å². The fraction of sp³-hybridized carbons (Fsp3) is 0.381. The Morgan fingerprint density at radius 2 is 1.57 bits per heavy atom. The minimum atomic E-state index is -0.756. The van der Waals surface area contributed by atoms with Crippen LogP contribution in [0.1, 0.15) is 43.7 Å². The molecule has 23 heavy (non-hydrogen) atoms. The topological polar surface area (TPSA) is 0 Å². The molecule has 0 atom stereocenters. The van der Waals surface area contributed by atoms with Gasteiger partial charge in [0.25, 0.3) is 0 Å². The summed E-state index contributed by atoms with van der Waals surface area (Å²) >= 11 is 0. The van der Waals surface area contributed by atoms with Gasteiger partial charge in [0.15, 0.2) is 11.6 Å². The zero-order valence-electron chi connectivity index (χ0n) is 13.8. The second-order valence-electron chi connectivity index (χ2n) is 6.86. The van der Waals surface area contributed by atoms with Gasteiger partial charge in [0.1, 0.15) is 0 Å². The van der Waals surface area contributed by atoms with Crippen molar-refractivity contribution in [2.45, 2.75) is 46.0 Å². The van der Waals surface area contributed by atoms with Crippen LogP contribution in [0.2, 0.25) is 0 Å². The number of rotatable bonds is 3. The molecule has 0 aromatic heterocycles. The molecular weight excluding hydrogens is 290 g/mol. The summed E-state index contributed by atoms with van der Waals surface area (Å²) in [5.41, 5.74) is 2.66. The van der Waals surface area contributed by atoms with E-state index in [1.54, 1.807) is 25.0 Å². The van der Waals surface area contributed by atoms with E-state index in [9.17, 15) is 8.78 Å². The molecule has 0 nitrogen and oxygen atoms in total. The van der Waals surface area contributed by atoms with Crippen LogP contribution < -0.4 is 0 Å². The van der Waals surface area contributed by atoms with Crippen LogP contribution in [0.3, 0.4) is 0 Å². The normalized spacial score (nSPS) is 16.7. The summed E-state index contributed by atoms with van der Waals surface area (Å²) in [5, 5.41) is 0. The highest BCUT2D eigenvalue weighted by molar-refractivity contribution is 5.65. The maximum Gasteiger partial charge on any atom is 0.166 e. The molecule has 2 heteroatoms. The Labute approximate surface area is 137 Å². The molecule has 1 aliphatic rings. The third-order valence-corrected chi connectivity index (χ3v) is 4.98. The summed E-state index contributed by atoms with van der Waals surface area (Å²) in [5.74, 6) is 0.954. The Morgan fingerprint density at radius 3 is 2.22 bits per heavy atom. The van der Waals surface area contributed by atoms with E-state index in [0.717, 1.165) is 17.9 Å². The Bertz CT molecular complexity index is 665. The van der Waals surface area contributed by atoms with Crippen LogP contribution >= 0.6 is 0 Å². The molecule has 0 unspecified atom stereocenters. The average Bonchev–Trinajstić information content (AvgIpc) is 2.56. The summed E-state index contributed by atoms with van der Waals surface area (Å²) in [6.45, 7) is 3.90. The first kappa shape index (κ1) is 16.2. The summed E-state index contributed by atoms with van der Waals surface area (Å²) in [7, 11) is 0. The van der Waals surface area contributed by atoms with Crippen LogP contribution in [-0.4, -0.2) is 0 Å². The molecule has 3 rings (SSSR count). The Balaban J connectivity index is 1.73. The van der Waals surface area contributed by atoms with E-state index in [4.69, 9.17) is 0 Å². The summed E-state index contributed by atoms with van der Waals surface area (Å²) < 4.78 is 27.8. The monoisotopic (exact) mass is 313 g/mol. The first-order valence-electron chi connectivity index (χ1n) is 8.42. The van der Waals surface area contributed by atoms with Crippen molar-refractivity contribution in [3.63, 3.8) is 0 Å². The molecular formula is C21H23F2. The molecule has 0 aliphatic heterocycles. The minimum Gasteiger partial charge on any atom is -0.203 e. The highest BCUT2D eigenvalue weighted by Crippen LogP contribution is 2.33. The highest BCUT2D eigenvalue weighted by atomic mass is 19.2.